The zero-order valence-corrected chi connectivity index (χ0v) is 65.9. The number of benzene rings is 16. The van der Waals surface area contributed by atoms with Gasteiger partial charge in [0.2, 0.25) is 0 Å². The highest BCUT2D eigenvalue weighted by molar-refractivity contribution is 6.14. The van der Waals surface area contributed by atoms with Gasteiger partial charge in [-0.2, -0.15) is 0 Å². The number of aryl methyl sites for hydroxylation is 2. The summed E-state index contributed by atoms with van der Waals surface area (Å²) in [5.74, 6) is 1.76. The van der Waals surface area contributed by atoms with Crippen molar-refractivity contribution >= 4 is 109 Å². The van der Waals surface area contributed by atoms with Crippen molar-refractivity contribution in [1.29, 1.82) is 0 Å². The summed E-state index contributed by atoms with van der Waals surface area (Å²) >= 11 is 0. The van der Waals surface area contributed by atoms with Gasteiger partial charge in [-0.15, -0.1) is 0 Å². The molecule has 23 aromatic rings. The molecule has 0 amide bonds. The van der Waals surface area contributed by atoms with E-state index in [4.69, 9.17) is 23.9 Å². The quantitative estimate of drug-likeness (QED) is 0.115. The molecule has 0 radical (unpaired) electrons. The van der Waals surface area contributed by atoms with E-state index >= 15 is 0 Å². The molecule has 0 N–H and O–H groups in total. The molecule has 0 atom stereocenters. The van der Waals surface area contributed by atoms with Crippen LogP contribution in [0.3, 0.4) is 0 Å². The van der Waals surface area contributed by atoms with Gasteiger partial charge in [-0.25, -0.2) is 0 Å². The first-order valence-electron chi connectivity index (χ1n) is 40.4. The van der Waals surface area contributed by atoms with Crippen LogP contribution in [-0.4, -0.2) is 42.5 Å². The molecule has 9 nitrogen and oxygen atoms in total. The lowest BCUT2D eigenvalue weighted by atomic mass is 9.93. The van der Waals surface area contributed by atoms with Crippen molar-refractivity contribution < 1.29 is 13.9 Å². The highest BCUT2D eigenvalue weighted by atomic mass is 16.5. The second kappa shape index (κ2) is 28.8. The van der Waals surface area contributed by atoms with E-state index in [2.05, 4.69) is 384 Å². The van der Waals surface area contributed by atoms with Gasteiger partial charge in [0.05, 0.1) is 69.4 Å². The molecule has 0 spiro atoms. The fourth-order valence-corrected chi connectivity index (χ4v) is 18.4. The van der Waals surface area contributed by atoms with Crippen molar-refractivity contribution in [3.8, 4) is 112 Å². The van der Waals surface area contributed by atoms with Crippen LogP contribution in [0.25, 0.3) is 210 Å². The molecule has 0 aliphatic carbocycles. The summed E-state index contributed by atoms with van der Waals surface area (Å²) in [4.78, 5) is 9.66. The first-order chi connectivity index (χ1) is 58.7. The number of aromatic nitrogens is 6. The van der Waals surface area contributed by atoms with Gasteiger partial charge in [0.1, 0.15) is 22.7 Å². The molecule has 0 aliphatic heterocycles. The van der Waals surface area contributed by atoms with Crippen LogP contribution in [0.15, 0.2) is 393 Å². The lowest BCUT2D eigenvalue weighted by Crippen LogP contribution is -2.00. The number of hydrogen-bond acceptors (Lipinski definition) is 5. The molecule has 119 heavy (non-hydrogen) atoms. The highest BCUT2D eigenvalue weighted by Gasteiger charge is 2.24. The summed E-state index contributed by atoms with van der Waals surface area (Å²) in [6.45, 7) is 4.29. The van der Waals surface area contributed by atoms with Gasteiger partial charge in [-0.1, -0.05) is 218 Å². The van der Waals surface area contributed by atoms with Gasteiger partial charge in [0.25, 0.3) is 0 Å². The van der Waals surface area contributed by atoms with Crippen molar-refractivity contribution in [1.82, 2.24) is 28.2 Å². The topological polar surface area (TPSA) is 77.1 Å². The number of pyridine rings is 2. The summed E-state index contributed by atoms with van der Waals surface area (Å²) in [5, 5.41) is 9.41. The van der Waals surface area contributed by atoms with Gasteiger partial charge in [0.15, 0.2) is 0 Å². The van der Waals surface area contributed by atoms with Crippen LogP contribution in [0.4, 0.5) is 0 Å². The van der Waals surface area contributed by atoms with Crippen molar-refractivity contribution in [2.24, 2.45) is 0 Å². The molecule has 0 fully saturated rings. The maximum atomic E-state index is 6.46. The van der Waals surface area contributed by atoms with Crippen molar-refractivity contribution in [3.05, 3.63) is 400 Å². The average molecular weight is 1530 g/mol. The van der Waals surface area contributed by atoms with Crippen LogP contribution in [0.1, 0.15) is 11.1 Å². The third kappa shape index (κ3) is 11.9. The number of ether oxygens (including phenoxy) is 2. The minimum absolute atomic E-state index is 0.874. The largest absolute Gasteiger partial charge is 0.495 e. The summed E-state index contributed by atoms with van der Waals surface area (Å²) in [7, 11) is 3.53. The number of para-hydroxylation sites is 5. The van der Waals surface area contributed by atoms with Crippen LogP contribution in [0, 0.1) is 13.8 Å². The maximum Gasteiger partial charge on any atom is 0.135 e. The Balaban J connectivity index is 0.000000147. The lowest BCUT2D eigenvalue weighted by Gasteiger charge is -2.17. The van der Waals surface area contributed by atoms with E-state index in [1.54, 1.807) is 14.2 Å². The van der Waals surface area contributed by atoms with Crippen molar-refractivity contribution in [3.63, 3.8) is 0 Å². The highest BCUT2D eigenvalue weighted by Crippen LogP contribution is 2.46. The van der Waals surface area contributed by atoms with Gasteiger partial charge < -0.3 is 32.2 Å². The van der Waals surface area contributed by atoms with E-state index in [0.29, 0.717) is 0 Å². The number of methoxy groups -OCH3 is 2. The van der Waals surface area contributed by atoms with Crippen LogP contribution in [0.2, 0.25) is 0 Å². The van der Waals surface area contributed by atoms with E-state index < -0.39 is 0 Å². The first kappa shape index (κ1) is 70.1. The molecule has 564 valence electrons. The second-order valence-corrected chi connectivity index (χ2v) is 30.9. The van der Waals surface area contributed by atoms with Crippen LogP contribution in [-0.2, 0) is 0 Å². The monoisotopic (exact) mass is 1530 g/mol. The lowest BCUT2D eigenvalue weighted by molar-refractivity contribution is 0.418. The molecule has 0 saturated heterocycles. The Morgan fingerprint density at radius 3 is 1.02 bits per heavy atom. The fraction of sp³-hybridized carbons (Fsp3) is 0.0364. The molecule has 0 saturated carbocycles. The molecule has 7 aromatic heterocycles. The normalized spacial score (nSPS) is 11.7. The Hall–Kier alpha value is -15.6. The van der Waals surface area contributed by atoms with E-state index in [1.807, 2.05) is 36.7 Å². The number of fused-ring (bicyclic) bond motifs is 15. The Morgan fingerprint density at radius 1 is 0.218 bits per heavy atom. The number of hydrogen-bond donors (Lipinski definition) is 0. The summed E-state index contributed by atoms with van der Waals surface area (Å²) in [6, 6.07) is 135. The second-order valence-electron chi connectivity index (χ2n) is 30.9. The Bertz CT molecular complexity index is 7670. The molecule has 23 rings (SSSR count). The van der Waals surface area contributed by atoms with E-state index in [9.17, 15) is 0 Å². The zero-order chi connectivity index (χ0) is 79.3. The van der Waals surface area contributed by atoms with E-state index in [-0.39, 0.29) is 0 Å². The minimum atomic E-state index is 0.874. The van der Waals surface area contributed by atoms with Gasteiger partial charge in [-0.3, -0.25) is 9.97 Å². The van der Waals surface area contributed by atoms with Gasteiger partial charge >= 0.3 is 0 Å². The molecular formula is C110H76N6O3. The molecule has 9 heteroatoms. The van der Waals surface area contributed by atoms with Gasteiger partial charge in [-0.05, 0) is 238 Å². The summed E-state index contributed by atoms with van der Waals surface area (Å²) in [6.07, 6.45) is 3.75. The molecular weight excluding hydrogens is 1450 g/mol. The molecule has 0 unspecified atom stereocenters. The van der Waals surface area contributed by atoms with Crippen LogP contribution < -0.4 is 9.47 Å². The van der Waals surface area contributed by atoms with Crippen molar-refractivity contribution in [2.45, 2.75) is 13.8 Å². The predicted octanol–water partition coefficient (Wildman–Crippen LogP) is 28.8. The number of furan rings is 1. The number of nitrogens with zero attached hydrogens (tertiary/aromatic N) is 6. The van der Waals surface area contributed by atoms with E-state index in [0.717, 1.165) is 183 Å². The van der Waals surface area contributed by atoms with Crippen LogP contribution in [0.5, 0.6) is 11.5 Å². The first-order valence-corrected chi connectivity index (χ1v) is 40.4. The molecule has 16 aromatic carbocycles. The van der Waals surface area contributed by atoms with Crippen molar-refractivity contribution in [2.75, 3.05) is 14.2 Å². The SMILES string of the molecule is COc1c(-c2ccccc2)cc(C)cc1-c1ccc(-c2cc(-n3c4ccccc4c4ncccc43)cc(-n3c4ccccc4c4ncccc43)c2)cc1.COc1c(-c2ccccc2)cc(C)cc1-c1ccc(-n2c3ccccc3c3cc(-c4ccc5oc6ccc(-c7cccc(-n8c9ccccc9c9ccccc98)c7)cc6c5c4)ccc32)cc1. The van der Waals surface area contributed by atoms with E-state index in [1.165, 1.54) is 49.2 Å². The predicted molar refractivity (Wildman–Crippen MR) is 494 cm³/mol. The summed E-state index contributed by atoms with van der Waals surface area (Å²) in [5.41, 5.74) is 35.2. The Kier molecular flexibility index (Phi) is 16.9. The van der Waals surface area contributed by atoms with Crippen LogP contribution >= 0.6 is 0 Å². The number of rotatable bonds is 13. The Labute approximate surface area is 687 Å². The molecule has 0 aliphatic rings. The minimum Gasteiger partial charge on any atom is -0.495 e. The smallest absolute Gasteiger partial charge is 0.135 e. The Morgan fingerprint density at radius 2 is 0.546 bits per heavy atom. The van der Waals surface area contributed by atoms with Gasteiger partial charge in [0, 0.05) is 100 Å². The molecule has 0 bridgehead atoms. The fourth-order valence-electron chi connectivity index (χ4n) is 18.4. The average Bonchev–Trinajstić information content (AvgIpc) is 1.61. The summed E-state index contributed by atoms with van der Waals surface area (Å²) < 4.78 is 28.1. The third-order valence-corrected chi connectivity index (χ3v) is 23.8. The maximum absolute atomic E-state index is 6.46. The zero-order valence-electron chi connectivity index (χ0n) is 65.9. The molecule has 7 heterocycles. The third-order valence-electron chi connectivity index (χ3n) is 23.8. The standard InChI is InChI=1S/C62H42N2O2.C48H34N4O/c1-39-33-51(40-13-4-3-5-14-40)62(65-2)52(34-39)41-23-28-46(29-24-41)63-58-22-11-8-19-50(58)53-36-43(25-30-59(53)63)45-27-32-61-55(38-45)54-37-44(26-31-60(54)66-61)42-15-12-16-47(35-42)64-56-20-9-6-17-48(56)49-18-7-10-21-57(49)64;1-31-26-40(33-12-4-3-5-13-33)48(53-2)41(27-31)34-22-20-32(21-23-34)35-28-36(51-42-16-8-6-14-38(42)46-44(51)18-10-24-49-46)30-37(29-35)52-43-17-9-7-15-39(43)47-45(52)19-11-25-50-47/h3-38H,1-2H3;3-30H,1-2H3.